The fraction of sp³-hybridized carbons (Fsp3) is 0. The van der Waals surface area contributed by atoms with E-state index in [2.05, 4.69) is 20.6 Å². The quantitative estimate of drug-likeness (QED) is 0.434. The van der Waals surface area contributed by atoms with Gasteiger partial charge in [-0.1, -0.05) is 0 Å². The first-order valence-electron chi connectivity index (χ1n) is 3.28. The van der Waals surface area contributed by atoms with E-state index in [0.717, 1.165) is 6.20 Å². The summed E-state index contributed by atoms with van der Waals surface area (Å²) in [6, 6.07) is 0. The Kier molecular flexibility index (Phi) is 1.26. The number of nitrogens with one attached hydrogen (secondary N) is 3. The third-order valence-electron chi connectivity index (χ3n) is 1.45. The van der Waals surface area contributed by atoms with Gasteiger partial charge in [-0.05, 0) is 0 Å². The van der Waals surface area contributed by atoms with Crippen LogP contribution in [0.25, 0.3) is 0 Å². The lowest BCUT2D eigenvalue weighted by atomic mass is 10.4. The van der Waals surface area contributed by atoms with Gasteiger partial charge in [-0.15, -0.1) is 0 Å². The number of rotatable bonds is 0. The summed E-state index contributed by atoms with van der Waals surface area (Å²) in [5.41, 5.74) is 0.301. The minimum absolute atomic E-state index is 0.144. The second-order valence-corrected chi connectivity index (χ2v) is 2.25. The van der Waals surface area contributed by atoms with Crippen molar-refractivity contribution in [2.75, 3.05) is 5.32 Å². The van der Waals surface area contributed by atoms with E-state index >= 15 is 0 Å². The first kappa shape index (κ1) is 6.71. The smallest absolute Gasteiger partial charge is 0.275 e. The van der Waals surface area contributed by atoms with Crippen LogP contribution in [-0.2, 0) is 0 Å². The summed E-state index contributed by atoms with van der Waals surface area (Å²) in [5.74, 6) is -0.160. The number of hydrogen-bond donors (Lipinski definition) is 4. The number of aliphatic hydroxyl groups excluding tert-OH is 1. The molecule has 1 aliphatic rings. The molecule has 0 bridgehead atoms. The number of fused-ring (bicyclic) bond motifs is 1. The zero-order valence-corrected chi connectivity index (χ0v) is 5.96. The molecule has 0 unspecified atom stereocenters. The molecular weight excluding hydrogens is 160 g/mol. The SMILES string of the molecule is O=C1NC=C(O)Nc2nc[nH]c21. The molecule has 1 aromatic rings. The fourth-order valence-electron chi connectivity index (χ4n) is 0.926. The highest BCUT2D eigenvalue weighted by Crippen LogP contribution is 2.12. The molecular formula is C6H6N4O2. The number of aromatic nitrogens is 2. The van der Waals surface area contributed by atoms with Crippen molar-refractivity contribution in [3.63, 3.8) is 0 Å². The van der Waals surface area contributed by atoms with E-state index in [-0.39, 0.29) is 11.8 Å². The zero-order chi connectivity index (χ0) is 8.55. The highest BCUT2D eigenvalue weighted by Gasteiger charge is 2.16. The van der Waals surface area contributed by atoms with Crippen LogP contribution in [0.5, 0.6) is 0 Å². The topological polar surface area (TPSA) is 90.0 Å². The van der Waals surface area contributed by atoms with E-state index in [1.165, 1.54) is 6.33 Å². The lowest BCUT2D eigenvalue weighted by Gasteiger charge is -1.96. The van der Waals surface area contributed by atoms with Crippen LogP contribution in [0.2, 0.25) is 0 Å². The van der Waals surface area contributed by atoms with Gasteiger partial charge in [0.1, 0.15) is 5.69 Å². The number of aromatic amines is 1. The van der Waals surface area contributed by atoms with E-state index in [1.54, 1.807) is 0 Å². The van der Waals surface area contributed by atoms with Crippen LogP contribution in [0.4, 0.5) is 5.82 Å². The Balaban J connectivity index is 2.48. The molecule has 0 radical (unpaired) electrons. The standard InChI is InChI=1S/C6H6N4O2/c11-3-1-7-6(12)4-5(10-3)9-2-8-4/h1-2,10-11H,(H,7,12)(H,8,9). The minimum Gasteiger partial charge on any atom is -0.494 e. The third kappa shape index (κ3) is 0.895. The molecule has 6 heteroatoms. The molecule has 1 amide bonds. The number of carbonyl (C=O) groups is 1. The van der Waals surface area contributed by atoms with Crippen LogP contribution in [0.3, 0.4) is 0 Å². The zero-order valence-electron chi connectivity index (χ0n) is 5.96. The Hall–Kier alpha value is -1.98. The second-order valence-electron chi connectivity index (χ2n) is 2.25. The van der Waals surface area contributed by atoms with Gasteiger partial charge in [-0.3, -0.25) is 4.79 Å². The summed E-state index contributed by atoms with van der Waals surface area (Å²) in [4.78, 5) is 17.6. The molecule has 62 valence electrons. The Bertz CT molecular complexity index is 354. The lowest BCUT2D eigenvalue weighted by molar-refractivity contribution is 0.0966. The Labute approximate surface area is 67.3 Å². The van der Waals surface area contributed by atoms with Crippen molar-refractivity contribution >= 4 is 11.7 Å². The Morgan fingerprint density at radius 2 is 2.33 bits per heavy atom. The average Bonchev–Trinajstić information content (AvgIpc) is 2.44. The van der Waals surface area contributed by atoms with Crippen molar-refractivity contribution in [1.82, 2.24) is 15.3 Å². The molecule has 0 spiro atoms. The molecule has 0 atom stereocenters. The number of aliphatic hydroxyl groups is 1. The van der Waals surface area contributed by atoms with Gasteiger partial charge < -0.3 is 20.7 Å². The van der Waals surface area contributed by atoms with Crippen molar-refractivity contribution in [3.05, 3.63) is 24.1 Å². The Morgan fingerprint density at radius 1 is 1.50 bits per heavy atom. The summed E-state index contributed by atoms with van der Waals surface area (Å²) >= 11 is 0. The van der Waals surface area contributed by atoms with Crippen molar-refractivity contribution in [1.29, 1.82) is 0 Å². The maximum absolute atomic E-state index is 11.1. The van der Waals surface area contributed by atoms with E-state index in [4.69, 9.17) is 5.11 Å². The Morgan fingerprint density at radius 3 is 3.17 bits per heavy atom. The normalized spacial score (nSPS) is 15.3. The second kappa shape index (κ2) is 2.26. The number of anilines is 1. The van der Waals surface area contributed by atoms with Crippen LogP contribution in [0, 0.1) is 0 Å². The lowest BCUT2D eigenvalue weighted by Crippen LogP contribution is -2.16. The van der Waals surface area contributed by atoms with Gasteiger partial charge in [0.25, 0.3) is 5.91 Å². The van der Waals surface area contributed by atoms with Gasteiger partial charge in [0, 0.05) is 0 Å². The van der Waals surface area contributed by atoms with Crippen molar-refractivity contribution in [3.8, 4) is 0 Å². The van der Waals surface area contributed by atoms with Crippen LogP contribution in [0.15, 0.2) is 18.4 Å². The highest BCUT2D eigenvalue weighted by molar-refractivity contribution is 5.98. The summed E-state index contributed by atoms with van der Waals surface area (Å²) in [5, 5.41) is 13.9. The van der Waals surface area contributed by atoms with E-state index < -0.39 is 0 Å². The number of H-pyrrole nitrogens is 1. The molecule has 12 heavy (non-hydrogen) atoms. The maximum atomic E-state index is 11.1. The summed E-state index contributed by atoms with van der Waals surface area (Å²) < 4.78 is 0. The van der Waals surface area contributed by atoms with Crippen LogP contribution in [0.1, 0.15) is 10.5 Å². The predicted molar refractivity (Wildman–Crippen MR) is 40.4 cm³/mol. The average molecular weight is 166 g/mol. The molecule has 0 aromatic carbocycles. The van der Waals surface area contributed by atoms with E-state index in [9.17, 15) is 4.79 Å². The third-order valence-corrected chi connectivity index (χ3v) is 1.45. The summed E-state index contributed by atoms with van der Waals surface area (Å²) in [6.07, 6.45) is 2.54. The van der Waals surface area contributed by atoms with Crippen molar-refractivity contribution in [2.24, 2.45) is 0 Å². The van der Waals surface area contributed by atoms with Gasteiger partial charge >= 0.3 is 0 Å². The fourth-order valence-corrected chi connectivity index (χ4v) is 0.926. The predicted octanol–water partition coefficient (Wildman–Crippen LogP) is -0.0781. The first-order valence-corrected chi connectivity index (χ1v) is 3.28. The van der Waals surface area contributed by atoms with Gasteiger partial charge in [0.15, 0.2) is 5.82 Å². The van der Waals surface area contributed by atoms with Crippen molar-refractivity contribution < 1.29 is 9.90 Å². The van der Waals surface area contributed by atoms with Gasteiger partial charge in [-0.2, -0.15) is 0 Å². The summed E-state index contributed by atoms with van der Waals surface area (Å²) in [6.45, 7) is 0. The maximum Gasteiger partial charge on any atom is 0.275 e. The largest absolute Gasteiger partial charge is 0.494 e. The molecule has 0 aliphatic carbocycles. The molecule has 0 saturated carbocycles. The number of carbonyl (C=O) groups excluding carboxylic acids is 1. The first-order chi connectivity index (χ1) is 5.77. The number of imidazole rings is 1. The molecule has 6 nitrogen and oxygen atoms in total. The van der Waals surface area contributed by atoms with Crippen LogP contribution in [-0.4, -0.2) is 21.0 Å². The number of nitrogens with zero attached hydrogens (tertiary/aromatic N) is 1. The molecule has 2 heterocycles. The summed E-state index contributed by atoms with van der Waals surface area (Å²) in [7, 11) is 0. The van der Waals surface area contributed by atoms with E-state index in [0.29, 0.717) is 11.5 Å². The van der Waals surface area contributed by atoms with Crippen LogP contribution >= 0.6 is 0 Å². The molecule has 4 N–H and O–H groups in total. The molecule has 0 saturated heterocycles. The van der Waals surface area contributed by atoms with Crippen molar-refractivity contribution in [2.45, 2.75) is 0 Å². The highest BCUT2D eigenvalue weighted by atomic mass is 16.3. The van der Waals surface area contributed by atoms with Crippen LogP contribution < -0.4 is 10.6 Å². The molecule has 2 rings (SSSR count). The van der Waals surface area contributed by atoms with Gasteiger partial charge in [0.2, 0.25) is 5.88 Å². The number of hydrogen-bond acceptors (Lipinski definition) is 4. The number of amides is 1. The molecule has 1 aromatic heterocycles. The molecule has 0 fully saturated rings. The minimum atomic E-state index is -0.334. The monoisotopic (exact) mass is 166 g/mol. The van der Waals surface area contributed by atoms with Gasteiger partial charge in [0.05, 0.1) is 12.5 Å². The molecule has 1 aliphatic heterocycles. The van der Waals surface area contributed by atoms with E-state index in [1.807, 2.05) is 0 Å². The van der Waals surface area contributed by atoms with Gasteiger partial charge in [-0.25, -0.2) is 4.98 Å².